The summed E-state index contributed by atoms with van der Waals surface area (Å²) >= 11 is 0. The zero-order valence-corrected chi connectivity index (χ0v) is 19.0. The van der Waals surface area contributed by atoms with Gasteiger partial charge in [0, 0.05) is 31.0 Å². The van der Waals surface area contributed by atoms with Gasteiger partial charge in [-0.15, -0.1) is 0 Å². The second-order valence-corrected chi connectivity index (χ2v) is 9.14. The molecule has 0 aliphatic carbocycles. The Morgan fingerprint density at radius 3 is 2.31 bits per heavy atom. The van der Waals surface area contributed by atoms with E-state index in [1.54, 1.807) is 0 Å². The largest absolute Gasteiger partial charge is 0.326 e. The normalized spacial score (nSPS) is 15.9. The summed E-state index contributed by atoms with van der Waals surface area (Å²) in [7, 11) is 0. The number of nitrogens with zero attached hydrogens (tertiary/aromatic N) is 2. The van der Waals surface area contributed by atoms with E-state index in [0.29, 0.717) is 5.41 Å². The van der Waals surface area contributed by atoms with Gasteiger partial charge in [-0.25, -0.2) is 0 Å². The maximum absolute atomic E-state index is 11.2. The number of likely N-dealkylation sites (tertiary alicyclic amines) is 1. The van der Waals surface area contributed by atoms with Gasteiger partial charge in [-0.1, -0.05) is 48.5 Å². The number of anilines is 1. The molecular formula is C28H33N3O. The number of pyridine rings is 1. The van der Waals surface area contributed by atoms with Gasteiger partial charge in [-0.2, -0.15) is 0 Å². The molecule has 1 aliphatic heterocycles. The second-order valence-electron chi connectivity index (χ2n) is 9.14. The molecule has 0 bridgehead atoms. The third kappa shape index (κ3) is 6.27. The molecule has 0 radical (unpaired) electrons. The number of hydrogen-bond donors (Lipinski definition) is 1. The van der Waals surface area contributed by atoms with Gasteiger partial charge in [0.1, 0.15) is 0 Å². The lowest BCUT2D eigenvalue weighted by atomic mass is 9.71. The average molecular weight is 428 g/mol. The summed E-state index contributed by atoms with van der Waals surface area (Å²) in [5.41, 5.74) is 5.09. The highest BCUT2D eigenvalue weighted by molar-refractivity contribution is 5.88. The Balaban J connectivity index is 1.39. The van der Waals surface area contributed by atoms with E-state index < -0.39 is 0 Å². The summed E-state index contributed by atoms with van der Waals surface area (Å²) in [4.78, 5) is 18.4. The van der Waals surface area contributed by atoms with Crippen LogP contribution < -0.4 is 5.32 Å². The van der Waals surface area contributed by atoms with Crippen LogP contribution in [0.5, 0.6) is 0 Å². The van der Waals surface area contributed by atoms with Crippen molar-refractivity contribution >= 4 is 11.6 Å². The van der Waals surface area contributed by atoms with Crippen LogP contribution in [0.1, 0.15) is 43.0 Å². The summed E-state index contributed by atoms with van der Waals surface area (Å²) in [6.07, 6.45) is 7.69. The van der Waals surface area contributed by atoms with Crippen molar-refractivity contribution in [2.24, 2.45) is 5.41 Å². The standard InChI is InChI=1S/C28H33N3O/c1-23(32)30-26-12-10-25(11-13-26)22-31-19-16-28(17-20-31,21-27-9-5-6-18-29-27)15-14-24-7-3-2-4-8-24/h2-13,18H,14-17,19-22H2,1H3,(H,30,32). The van der Waals surface area contributed by atoms with E-state index in [0.717, 1.165) is 38.2 Å². The van der Waals surface area contributed by atoms with E-state index >= 15 is 0 Å². The number of aryl methyl sites for hydroxylation is 1. The quantitative estimate of drug-likeness (QED) is 0.516. The lowest BCUT2D eigenvalue weighted by Gasteiger charge is -2.42. The zero-order chi connectivity index (χ0) is 22.2. The number of piperidine rings is 1. The zero-order valence-electron chi connectivity index (χ0n) is 19.0. The SMILES string of the molecule is CC(=O)Nc1ccc(CN2CCC(CCc3ccccc3)(Cc3ccccn3)CC2)cc1. The Morgan fingerprint density at radius 1 is 0.938 bits per heavy atom. The van der Waals surface area contributed by atoms with Crippen LogP contribution in [0.15, 0.2) is 79.0 Å². The fraction of sp³-hybridized carbons (Fsp3) is 0.357. The minimum absolute atomic E-state index is 0.0338. The molecule has 166 valence electrons. The summed E-state index contributed by atoms with van der Waals surface area (Å²) in [6, 6.07) is 25.4. The summed E-state index contributed by atoms with van der Waals surface area (Å²) in [6.45, 7) is 4.71. The highest BCUT2D eigenvalue weighted by atomic mass is 16.1. The highest BCUT2D eigenvalue weighted by Crippen LogP contribution is 2.39. The van der Waals surface area contributed by atoms with Gasteiger partial charge < -0.3 is 5.32 Å². The number of carbonyl (C=O) groups excluding carboxylic acids is 1. The minimum Gasteiger partial charge on any atom is -0.326 e. The summed E-state index contributed by atoms with van der Waals surface area (Å²) in [5.74, 6) is -0.0338. The fourth-order valence-corrected chi connectivity index (χ4v) is 4.80. The molecule has 4 nitrogen and oxygen atoms in total. The first-order chi connectivity index (χ1) is 15.6. The second kappa shape index (κ2) is 10.6. The van der Waals surface area contributed by atoms with Gasteiger partial charge in [0.25, 0.3) is 0 Å². The van der Waals surface area contributed by atoms with Crippen molar-refractivity contribution in [3.8, 4) is 0 Å². The molecule has 1 aliphatic rings. The molecule has 1 aromatic heterocycles. The van der Waals surface area contributed by atoms with Crippen LogP contribution in [-0.2, 0) is 24.2 Å². The average Bonchev–Trinajstić information content (AvgIpc) is 2.82. The van der Waals surface area contributed by atoms with E-state index in [4.69, 9.17) is 0 Å². The molecule has 4 heteroatoms. The van der Waals surface area contributed by atoms with Gasteiger partial charge in [-0.3, -0.25) is 14.7 Å². The van der Waals surface area contributed by atoms with E-state index in [-0.39, 0.29) is 5.91 Å². The van der Waals surface area contributed by atoms with Crippen LogP contribution in [-0.4, -0.2) is 28.9 Å². The topological polar surface area (TPSA) is 45.2 Å². The Bertz CT molecular complexity index is 978. The monoisotopic (exact) mass is 427 g/mol. The molecule has 0 saturated carbocycles. The number of carbonyl (C=O) groups is 1. The molecule has 3 aromatic rings. The molecule has 0 spiro atoms. The molecule has 0 atom stereocenters. The van der Waals surface area contributed by atoms with E-state index in [1.165, 1.54) is 43.0 Å². The molecule has 1 N–H and O–H groups in total. The van der Waals surface area contributed by atoms with Gasteiger partial charge >= 0.3 is 0 Å². The summed E-state index contributed by atoms with van der Waals surface area (Å²) < 4.78 is 0. The lowest BCUT2D eigenvalue weighted by Crippen LogP contribution is -2.41. The molecule has 32 heavy (non-hydrogen) atoms. The van der Waals surface area contributed by atoms with Crippen molar-refractivity contribution < 1.29 is 4.79 Å². The number of benzene rings is 2. The Hall–Kier alpha value is -2.98. The maximum Gasteiger partial charge on any atom is 0.221 e. The molecule has 1 fully saturated rings. The number of amides is 1. The third-order valence-corrected chi connectivity index (χ3v) is 6.67. The highest BCUT2D eigenvalue weighted by Gasteiger charge is 2.34. The van der Waals surface area contributed by atoms with Crippen molar-refractivity contribution in [2.75, 3.05) is 18.4 Å². The first kappa shape index (κ1) is 22.2. The molecule has 2 aromatic carbocycles. The van der Waals surface area contributed by atoms with Crippen LogP contribution in [0.3, 0.4) is 0 Å². The first-order valence-corrected chi connectivity index (χ1v) is 11.6. The van der Waals surface area contributed by atoms with E-state index in [1.807, 2.05) is 24.4 Å². The molecule has 1 amide bonds. The molecular weight excluding hydrogens is 394 g/mol. The fourth-order valence-electron chi connectivity index (χ4n) is 4.80. The molecule has 4 rings (SSSR count). The lowest BCUT2D eigenvalue weighted by molar-refractivity contribution is -0.114. The number of nitrogens with one attached hydrogen (secondary N) is 1. The van der Waals surface area contributed by atoms with Crippen LogP contribution in [0.25, 0.3) is 0 Å². The Labute approximate surface area is 191 Å². The molecule has 1 saturated heterocycles. The van der Waals surface area contributed by atoms with Gasteiger partial charge in [0.15, 0.2) is 0 Å². The van der Waals surface area contributed by atoms with Crippen LogP contribution in [0, 0.1) is 5.41 Å². The smallest absolute Gasteiger partial charge is 0.221 e. The maximum atomic E-state index is 11.2. The van der Waals surface area contributed by atoms with Crippen molar-refractivity contribution in [1.82, 2.24) is 9.88 Å². The van der Waals surface area contributed by atoms with Gasteiger partial charge in [-0.05, 0) is 86.0 Å². The van der Waals surface area contributed by atoms with Gasteiger partial charge in [0.05, 0.1) is 0 Å². The molecule has 2 heterocycles. The summed E-state index contributed by atoms with van der Waals surface area (Å²) in [5, 5.41) is 2.84. The van der Waals surface area contributed by atoms with Gasteiger partial charge in [0.2, 0.25) is 5.91 Å². The number of aromatic nitrogens is 1. The minimum atomic E-state index is -0.0338. The van der Waals surface area contributed by atoms with Crippen molar-refractivity contribution in [2.45, 2.75) is 45.6 Å². The Morgan fingerprint density at radius 2 is 1.66 bits per heavy atom. The Kier molecular flexibility index (Phi) is 7.33. The third-order valence-electron chi connectivity index (χ3n) is 6.67. The van der Waals surface area contributed by atoms with E-state index in [9.17, 15) is 4.79 Å². The van der Waals surface area contributed by atoms with E-state index in [2.05, 4.69) is 69.8 Å². The van der Waals surface area contributed by atoms with Crippen LogP contribution in [0.4, 0.5) is 5.69 Å². The van der Waals surface area contributed by atoms with Crippen molar-refractivity contribution in [3.05, 3.63) is 95.8 Å². The van der Waals surface area contributed by atoms with Crippen molar-refractivity contribution in [1.29, 1.82) is 0 Å². The van der Waals surface area contributed by atoms with Crippen molar-refractivity contribution in [3.63, 3.8) is 0 Å². The first-order valence-electron chi connectivity index (χ1n) is 11.6. The van der Waals surface area contributed by atoms with Crippen LogP contribution in [0.2, 0.25) is 0 Å². The van der Waals surface area contributed by atoms with Crippen LogP contribution >= 0.6 is 0 Å². The number of hydrogen-bond acceptors (Lipinski definition) is 3. The molecule has 0 unspecified atom stereocenters. The number of rotatable bonds is 8. The predicted molar refractivity (Wildman–Crippen MR) is 130 cm³/mol. The predicted octanol–water partition coefficient (Wildman–Crippen LogP) is 5.50.